The van der Waals surface area contributed by atoms with E-state index in [0.717, 1.165) is 24.4 Å². The number of ether oxygens (including phenoxy) is 2. The van der Waals surface area contributed by atoms with E-state index in [4.69, 9.17) is 14.7 Å². The molecule has 2 aromatic carbocycles. The monoisotopic (exact) mass is 416 g/mol. The van der Waals surface area contributed by atoms with Crippen molar-refractivity contribution in [3.63, 3.8) is 0 Å². The van der Waals surface area contributed by atoms with Gasteiger partial charge in [-0.05, 0) is 44.0 Å². The summed E-state index contributed by atoms with van der Waals surface area (Å²) in [7, 11) is 0. The molecule has 158 valence electrons. The molecule has 0 saturated heterocycles. The second-order valence-electron chi connectivity index (χ2n) is 7.15. The minimum atomic E-state index is -0.668. The zero-order valence-corrected chi connectivity index (χ0v) is 17.6. The van der Waals surface area contributed by atoms with Crippen LogP contribution in [0.4, 0.5) is 0 Å². The third-order valence-electron chi connectivity index (χ3n) is 5.06. The molecule has 0 aliphatic heterocycles. The number of Topliss-reactive ketones (excluding diaryl/α,β-unsaturated/α-hetero) is 1. The van der Waals surface area contributed by atoms with E-state index in [2.05, 4.69) is 16.7 Å². The van der Waals surface area contributed by atoms with E-state index in [-0.39, 0.29) is 19.0 Å². The van der Waals surface area contributed by atoms with Crippen LogP contribution in [0.1, 0.15) is 32.9 Å². The number of aryl methyl sites for hydroxylation is 2. The Morgan fingerprint density at radius 1 is 1.00 bits per heavy atom. The van der Waals surface area contributed by atoms with E-state index < -0.39 is 5.97 Å². The van der Waals surface area contributed by atoms with Crippen LogP contribution in [0.25, 0.3) is 0 Å². The van der Waals surface area contributed by atoms with Gasteiger partial charge in [0.2, 0.25) is 5.78 Å². The highest BCUT2D eigenvalue weighted by molar-refractivity contribution is 5.99. The number of esters is 1. The Labute approximate surface area is 181 Å². The molecule has 3 rings (SSSR count). The topological polar surface area (TPSA) is 81.3 Å². The van der Waals surface area contributed by atoms with Crippen LogP contribution >= 0.6 is 0 Å². The Kier molecular flexibility index (Phi) is 7.23. The van der Waals surface area contributed by atoms with E-state index in [1.54, 1.807) is 24.3 Å². The number of benzene rings is 2. The minimum Gasteiger partial charge on any atom is -0.481 e. The predicted octanol–water partition coefficient (Wildman–Crippen LogP) is 4.02. The minimum absolute atomic E-state index is 0.259. The van der Waals surface area contributed by atoms with Crippen molar-refractivity contribution in [2.24, 2.45) is 0 Å². The molecule has 0 N–H and O–H groups in total. The molecular weight excluding hydrogens is 392 g/mol. The van der Waals surface area contributed by atoms with Gasteiger partial charge in [0.1, 0.15) is 11.8 Å². The molecule has 0 saturated carbocycles. The van der Waals surface area contributed by atoms with Crippen LogP contribution in [0.15, 0.2) is 60.7 Å². The van der Waals surface area contributed by atoms with Gasteiger partial charge in [-0.25, -0.2) is 4.79 Å². The molecule has 0 bridgehead atoms. The molecule has 6 nitrogen and oxygen atoms in total. The normalized spacial score (nSPS) is 10.4. The third kappa shape index (κ3) is 5.61. The lowest BCUT2D eigenvalue weighted by Crippen LogP contribution is -2.20. The zero-order valence-electron chi connectivity index (χ0n) is 17.6. The van der Waals surface area contributed by atoms with Gasteiger partial charge in [-0.3, -0.25) is 4.79 Å². The van der Waals surface area contributed by atoms with Crippen LogP contribution in [-0.2, 0) is 22.5 Å². The van der Waals surface area contributed by atoms with Crippen LogP contribution < -0.4 is 4.74 Å². The average Bonchev–Trinajstić information content (AvgIpc) is 3.08. The van der Waals surface area contributed by atoms with Crippen molar-refractivity contribution >= 4 is 11.8 Å². The highest BCUT2D eigenvalue weighted by Crippen LogP contribution is 2.18. The summed E-state index contributed by atoms with van der Waals surface area (Å²) >= 11 is 0. The fraction of sp³-hybridized carbons (Fsp3) is 0.240. The Morgan fingerprint density at radius 3 is 2.45 bits per heavy atom. The molecule has 1 aromatic heterocycles. The number of para-hydroxylation sites is 1. The first-order valence-corrected chi connectivity index (χ1v) is 10.0. The molecule has 3 aromatic rings. The standard InChI is InChI=1S/C25H24N2O4/c1-18-14-22(19(2)27(18)13-12-20-8-4-3-5-9-20)23(28)16-31-25(29)17-30-24-11-7-6-10-21(24)15-26/h3-11,14H,12-13,16-17H2,1-2H3. The van der Waals surface area contributed by atoms with Gasteiger partial charge >= 0.3 is 5.97 Å². The van der Waals surface area contributed by atoms with Crippen molar-refractivity contribution < 1.29 is 19.1 Å². The summed E-state index contributed by atoms with van der Waals surface area (Å²) in [5.41, 5.74) is 3.95. The van der Waals surface area contributed by atoms with Crippen molar-refractivity contribution in [2.75, 3.05) is 13.2 Å². The molecule has 0 aliphatic carbocycles. The van der Waals surface area contributed by atoms with Gasteiger partial charge in [-0.15, -0.1) is 0 Å². The molecule has 0 amide bonds. The van der Waals surface area contributed by atoms with Crippen molar-refractivity contribution in [3.8, 4) is 11.8 Å². The molecule has 0 fully saturated rings. The smallest absolute Gasteiger partial charge is 0.344 e. The van der Waals surface area contributed by atoms with E-state index in [1.807, 2.05) is 44.2 Å². The maximum Gasteiger partial charge on any atom is 0.344 e. The van der Waals surface area contributed by atoms with Gasteiger partial charge < -0.3 is 14.0 Å². The number of hydrogen-bond acceptors (Lipinski definition) is 5. The van der Waals surface area contributed by atoms with Gasteiger partial charge in [0.05, 0.1) is 5.56 Å². The molecule has 31 heavy (non-hydrogen) atoms. The number of aromatic nitrogens is 1. The van der Waals surface area contributed by atoms with Crippen molar-refractivity contribution in [3.05, 3.63) is 88.7 Å². The molecule has 6 heteroatoms. The highest BCUT2D eigenvalue weighted by atomic mass is 16.6. The van der Waals surface area contributed by atoms with Gasteiger partial charge in [0, 0.05) is 23.5 Å². The Balaban J connectivity index is 1.54. The zero-order chi connectivity index (χ0) is 22.2. The molecule has 1 heterocycles. The van der Waals surface area contributed by atoms with Crippen molar-refractivity contribution in [1.82, 2.24) is 4.57 Å². The first-order valence-electron chi connectivity index (χ1n) is 10.0. The summed E-state index contributed by atoms with van der Waals surface area (Å²) in [5, 5.41) is 9.05. The number of hydrogen-bond donors (Lipinski definition) is 0. The van der Waals surface area contributed by atoms with E-state index in [0.29, 0.717) is 16.9 Å². The molecule has 0 spiro atoms. The quantitative estimate of drug-likeness (QED) is 0.389. The fourth-order valence-electron chi connectivity index (χ4n) is 3.40. The maximum absolute atomic E-state index is 12.6. The number of ketones is 1. The predicted molar refractivity (Wildman–Crippen MR) is 116 cm³/mol. The number of nitriles is 1. The fourth-order valence-corrected chi connectivity index (χ4v) is 3.40. The lowest BCUT2D eigenvalue weighted by Gasteiger charge is -2.10. The largest absolute Gasteiger partial charge is 0.481 e. The highest BCUT2D eigenvalue weighted by Gasteiger charge is 2.18. The first-order chi connectivity index (χ1) is 15.0. The summed E-state index contributed by atoms with van der Waals surface area (Å²) < 4.78 is 12.5. The summed E-state index contributed by atoms with van der Waals surface area (Å²) in [4.78, 5) is 24.6. The number of nitrogens with zero attached hydrogens (tertiary/aromatic N) is 2. The van der Waals surface area contributed by atoms with E-state index in [1.165, 1.54) is 5.56 Å². The first kappa shape index (κ1) is 21.8. The van der Waals surface area contributed by atoms with Gasteiger partial charge in [0.25, 0.3) is 0 Å². The van der Waals surface area contributed by atoms with Gasteiger partial charge in [-0.1, -0.05) is 42.5 Å². The second kappa shape index (κ2) is 10.3. The lowest BCUT2D eigenvalue weighted by atomic mass is 10.1. The third-order valence-corrected chi connectivity index (χ3v) is 5.06. The second-order valence-corrected chi connectivity index (χ2v) is 7.15. The molecule has 0 unspecified atom stereocenters. The van der Waals surface area contributed by atoms with E-state index >= 15 is 0 Å². The van der Waals surface area contributed by atoms with Crippen molar-refractivity contribution in [1.29, 1.82) is 5.26 Å². The van der Waals surface area contributed by atoms with Crippen LogP contribution in [0.5, 0.6) is 5.75 Å². The molecular formula is C25H24N2O4. The average molecular weight is 416 g/mol. The maximum atomic E-state index is 12.6. The Hall–Kier alpha value is -3.85. The molecule has 0 atom stereocenters. The number of carbonyl (C=O) groups excluding carboxylic acids is 2. The summed E-state index contributed by atoms with van der Waals surface area (Å²) in [6.07, 6.45) is 0.862. The Bertz CT molecular complexity index is 1110. The van der Waals surface area contributed by atoms with Crippen LogP contribution in [0, 0.1) is 25.2 Å². The Morgan fingerprint density at radius 2 is 1.71 bits per heavy atom. The number of rotatable bonds is 9. The molecule has 0 radical (unpaired) electrons. The molecule has 0 aliphatic rings. The summed E-state index contributed by atoms with van der Waals surface area (Å²) in [6, 6.07) is 20.6. The van der Waals surface area contributed by atoms with Gasteiger partial charge in [0.15, 0.2) is 13.2 Å². The summed E-state index contributed by atoms with van der Waals surface area (Å²) in [6.45, 7) is 3.89. The van der Waals surface area contributed by atoms with Crippen LogP contribution in [0.3, 0.4) is 0 Å². The summed E-state index contributed by atoms with van der Waals surface area (Å²) in [5.74, 6) is -0.626. The number of carbonyl (C=O) groups is 2. The van der Waals surface area contributed by atoms with Crippen molar-refractivity contribution in [2.45, 2.75) is 26.8 Å². The lowest BCUT2D eigenvalue weighted by molar-refractivity contribution is -0.144. The van der Waals surface area contributed by atoms with E-state index in [9.17, 15) is 9.59 Å². The van der Waals surface area contributed by atoms with Crippen LogP contribution in [0.2, 0.25) is 0 Å². The van der Waals surface area contributed by atoms with Crippen LogP contribution in [-0.4, -0.2) is 29.5 Å². The van der Waals surface area contributed by atoms with Gasteiger partial charge in [-0.2, -0.15) is 5.26 Å². The SMILES string of the molecule is Cc1cc(C(=O)COC(=O)COc2ccccc2C#N)c(C)n1CCc1ccccc1.